The monoisotopic (exact) mass is 1680 g/mol. The highest BCUT2D eigenvalue weighted by Gasteiger charge is 2.29. The molecule has 0 aliphatic carbocycles. The predicted octanol–water partition coefficient (Wildman–Crippen LogP) is 19.7. The van der Waals surface area contributed by atoms with Gasteiger partial charge in [0.15, 0.2) is 34.5 Å². The number of rotatable bonds is 22. The van der Waals surface area contributed by atoms with Gasteiger partial charge in [0, 0.05) is 25.3 Å². The van der Waals surface area contributed by atoms with E-state index in [1.165, 1.54) is 73.9 Å². The summed E-state index contributed by atoms with van der Waals surface area (Å²) < 4.78 is 121. The summed E-state index contributed by atoms with van der Waals surface area (Å²) in [5.74, 6) is 5.04. The summed E-state index contributed by atoms with van der Waals surface area (Å²) in [6.45, 7) is 6.06. The minimum Gasteiger partial charge on any atom is -0.493 e. The molecule has 0 atom stereocenters. The highest BCUT2D eigenvalue weighted by molar-refractivity contribution is 7.99. The first-order valence-electron chi connectivity index (χ1n) is 36.2. The summed E-state index contributed by atoms with van der Waals surface area (Å²) >= 11 is 3.33. The molecule has 0 amide bonds. The average Bonchev–Trinajstić information content (AvgIpc) is 1.38. The van der Waals surface area contributed by atoms with Crippen LogP contribution in [0.4, 0.5) is 10.1 Å². The van der Waals surface area contributed by atoms with Gasteiger partial charge >= 0.3 is 6.15 Å². The van der Waals surface area contributed by atoms with E-state index >= 15 is 0 Å². The fourth-order valence-corrected chi connectivity index (χ4v) is 16.7. The average molecular weight is 1680 g/mol. The molecule has 16 aromatic rings. The molecule has 0 fully saturated rings. The Balaban J connectivity index is 0.000000145. The van der Waals surface area contributed by atoms with Crippen molar-refractivity contribution in [3.05, 3.63) is 295 Å². The van der Waals surface area contributed by atoms with Gasteiger partial charge in [-0.3, -0.25) is 0 Å². The van der Waals surface area contributed by atoms with Crippen LogP contribution in [0.15, 0.2) is 330 Å². The maximum absolute atomic E-state index is 14.0. The molecule has 0 spiro atoms. The molecule has 606 valence electrons. The molecule has 0 saturated heterocycles. The number of halogens is 1. The van der Waals surface area contributed by atoms with Gasteiger partial charge in [0.05, 0.1) is 107 Å². The second-order valence-corrected chi connectivity index (χ2v) is 31.6. The van der Waals surface area contributed by atoms with Crippen molar-refractivity contribution in [2.45, 2.75) is 59.9 Å². The molecule has 2 N–H and O–H groups in total. The summed E-state index contributed by atoms with van der Waals surface area (Å²) in [6.07, 6.45) is 0.250. The molecule has 0 saturated carbocycles. The van der Waals surface area contributed by atoms with E-state index in [9.17, 15) is 21.2 Å². The maximum Gasteiger partial charge on any atom is 0.373 e. The summed E-state index contributed by atoms with van der Waals surface area (Å²) in [7, 11) is 1.80. The van der Waals surface area contributed by atoms with Crippen LogP contribution in [0.3, 0.4) is 0 Å². The Morgan fingerprint density at radius 2 is 0.600 bits per heavy atom. The largest absolute Gasteiger partial charge is 0.493 e. The third-order valence-electron chi connectivity index (χ3n) is 17.8. The molecule has 12 aromatic carbocycles. The Kier molecular flexibility index (Phi) is 28.1. The first kappa shape index (κ1) is 85.1. The number of sulfone groups is 2. The lowest BCUT2D eigenvalue weighted by Gasteiger charge is -2.10. The molecule has 0 aliphatic heterocycles. The minimum atomic E-state index is -3.86. The van der Waals surface area contributed by atoms with E-state index in [1.54, 1.807) is 143 Å². The van der Waals surface area contributed by atoms with Gasteiger partial charge in [-0.15, -0.1) is 0 Å². The fourth-order valence-electron chi connectivity index (χ4n) is 11.9. The van der Waals surface area contributed by atoms with Gasteiger partial charge < -0.3 is 52.2 Å². The van der Waals surface area contributed by atoms with Gasteiger partial charge in [-0.05, 0) is 178 Å². The Hall–Kier alpha value is -14.3. The van der Waals surface area contributed by atoms with Crippen LogP contribution in [-0.2, 0) is 29.3 Å². The summed E-state index contributed by atoms with van der Waals surface area (Å²) in [6, 6.07) is 80.7. The van der Waals surface area contributed by atoms with Crippen molar-refractivity contribution in [3.8, 4) is 126 Å². The van der Waals surface area contributed by atoms with Crippen LogP contribution in [0.5, 0.6) is 34.5 Å². The van der Waals surface area contributed by atoms with Gasteiger partial charge in [-0.1, -0.05) is 176 Å². The number of hydrogen-bond acceptors (Lipinski definition) is 27. The molecule has 25 nitrogen and oxygen atoms in total. The number of ether oxygens (including phenoxy) is 6. The lowest BCUT2D eigenvalue weighted by Crippen LogP contribution is -2.04. The molecule has 16 rings (SSSR count). The molecule has 0 bridgehead atoms. The van der Waals surface area contributed by atoms with Crippen molar-refractivity contribution >= 4 is 55.0 Å². The van der Waals surface area contributed by atoms with Gasteiger partial charge in [0.25, 0.3) is 23.6 Å². The molecule has 0 aliphatic rings. The molecule has 0 unspecified atom stereocenters. The van der Waals surface area contributed by atoms with Crippen LogP contribution in [0.25, 0.3) is 91.4 Å². The summed E-state index contributed by atoms with van der Waals surface area (Å²) in [4.78, 5) is 38.9. The van der Waals surface area contributed by atoms with E-state index in [0.717, 1.165) is 36.3 Å². The SMILES string of the molecule is COc1cccc(-c2noc(-c3ccccc3S(=O)(=O)c3ccc(C)cc3)n2)c1OC.COc1cccc(-c2noc(-c3ccccc3Sc3ccc(C)cc3)n2)c1OC.COc1cccc(-c2noc(-c3ccccc3Sc3ccc(C)cc3)n2)c1OC.Nc1ccc(S(=O)(=O)c2ccccc2-c2nc(-c3ccccc3F)no2)cc1.O=C=O. The van der Waals surface area contributed by atoms with Crippen LogP contribution in [-0.4, -0.2) is 106 Å². The standard InChI is InChI=1S/C23H20N2O5S.2C23H20N2O3S.C20H14FN3O3S.CO2/c1-15-11-13-16(14-12-15)31(26,27)20-10-5-4-7-17(20)23-24-22(25-30-23)18-8-6-9-19(28-2)21(18)29-3;2*1-15-11-13-16(14-12-15)29-20-10-5-4-7-17(20)23-24-22(25-28-23)18-8-6-9-19(26-2)21(18)27-3;21-17-7-3-1-5-15(17)19-23-20(27-24-19)16-6-2-4-8-18(16)28(25,26)14-11-9-13(22)10-12-14;2-1-3/h4-14H,1-3H3;2*4-14H,1-3H3;1-12H,22H2;. The predicted molar refractivity (Wildman–Crippen MR) is 448 cm³/mol. The zero-order valence-electron chi connectivity index (χ0n) is 65.7. The smallest absolute Gasteiger partial charge is 0.373 e. The second kappa shape index (κ2) is 39.6. The van der Waals surface area contributed by atoms with Gasteiger partial charge in [-0.25, -0.2) is 21.2 Å². The number of methoxy groups -OCH3 is 6. The lowest BCUT2D eigenvalue weighted by atomic mass is 10.1. The minimum absolute atomic E-state index is 0.00325. The summed E-state index contributed by atoms with van der Waals surface area (Å²) in [5, 5.41) is 16.2. The van der Waals surface area contributed by atoms with Crippen molar-refractivity contribution in [2.75, 3.05) is 48.4 Å². The highest BCUT2D eigenvalue weighted by atomic mass is 32.2. The number of anilines is 1. The van der Waals surface area contributed by atoms with Gasteiger partial charge in [0.2, 0.25) is 43.0 Å². The van der Waals surface area contributed by atoms with E-state index in [0.29, 0.717) is 85.9 Å². The number of nitrogens with two attached hydrogens (primary N) is 1. The molecular weight excluding hydrogens is 1610 g/mol. The van der Waals surface area contributed by atoms with Crippen molar-refractivity contribution in [1.82, 2.24) is 40.6 Å². The summed E-state index contributed by atoms with van der Waals surface area (Å²) in [5.41, 5.74) is 14.0. The fraction of sp³-hybridized carbons (Fsp3) is 0.100. The Labute approximate surface area is 698 Å². The van der Waals surface area contributed by atoms with E-state index in [2.05, 4.69) is 115 Å². The molecule has 120 heavy (non-hydrogen) atoms. The first-order chi connectivity index (χ1) is 58.2. The number of nitrogen functional groups attached to an aromatic ring is 1. The molecule has 0 radical (unpaired) electrons. The number of benzene rings is 12. The third-order valence-corrected chi connectivity index (χ3v) is 23.6. The van der Waals surface area contributed by atoms with E-state index in [1.807, 2.05) is 79.7 Å². The molecule has 30 heteroatoms. The van der Waals surface area contributed by atoms with E-state index in [-0.39, 0.29) is 60.3 Å². The van der Waals surface area contributed by atoms with Crippen LogP contribution >= 0.6 is 23.5 Å². The molecule has 4 aromatic heterocycles. The normalized spacial score (nSPS) is 10.8. The van der Waals surface area contributed by atoms with Gasteiger partial charge in [-0.2, -0.15) is 29.5 Å². The van der Waals surface area contributed by atoms with Crippen LogP contribution in [0.1, 0.15) is 16.7 Å². The van der Waals surface area contributed by atoms with Gasteiger partial charge in [0.1, 0.15) is 5.82 Å². The number of hydrogen-bond donors (Lipinski definition) is 1. The Bertz CT molecular complexity index is 6300. The Morgan fingerprint density at radius 1 is 0.325 bits per heavy atom. The zero-order valence-corrected chi connectivity index (χ0v) is 68.9. The van der Waals surface area contributed by atoms with Crippen LogP contribution < -0.4 is 34.2 Å². The topological polar surface area (TPSA) is 339 Å². The van der Waals surface area contributed by atoms with Crippen molar-refractivity contribution in [1.29, 1.82) is 0 Å². The lowest BCUT2D eigenvalue weighted by molar-refractivity contribution is -0.191. The Morgan fingerprint density at radius 3 is 0.933 bits per heavy atom. The van der Waals surface area contributed by atoms with Crippen molar-refractivity contribution < 1.29 is 77.3 Å². The number of carbonyl (C=O) groups excluding carboxylic acids is 2. The zero-order chi connectivity index (χ0) is 84.9. The second-order valence-electron chi connectivity index (χ2n) is 25.6. The van der Waals surface area contributed by atoms with E-state index in [4.69, 9.17) is 61.8 Å². The third kappa shape index (κ3) is 19.9. The number of aromatic nitrogens is 8. The number of para-hydroxylation sites is 3. The van der Waals surface area contributed by atoms with Crippen LogP contribution in [0, 0.1) is 26.6 Å². The molecule has 4 heterocycles. The number of aryl methyl sites for hydroxylation is 3. The first-order valence-corrected chi connectivity index (χ1v) is 40.8. The van der Waals surface area contributed by atoms with Crippen molar-refractivity contribution in [2.24, 2.45) is 0 Å². The van der Waals surface area contributed by atoms with E-state index < -0.39 is 25.5 Å². The maximum atomic E-state index is 14.0. The number of nitrogens with zero attached hydrogens (tertiary/aromatic N) is 8. The molecular formula is C90H74FN9O16S4. The van der Waals surface area contributed by atoms with Crippen LogP contribution in [0.2, 0.25) is 0 Å². The van der Waals surface area contributed by atoms with Crippen molar-refractivity contribution in [3.63, 3.8) is 0 Å². The highest BCUT2D eigenvalue weighted by Crippen LogP contribution is 2.44. The quantitative estimate of drug-likeness (QED) is 0.0616.